The number of halogens is 2. The molecule has 0 bridgehead atoms. The van der Waals surface area contributed by atoms with E-state index in [2.05, 4.69) is 0 Å². The summed E-state index contributed by atoms with van der Waals surface area (Å²) in [5.74, 6) is -4.83. The fourth-order valence-corrected chi connectivity index (χ4v) is 5.17. The van der Waals surface area contributed by atoms with E-state index in [1.165, 1.54) is 11.8 Å². The summed E-state index contributed by atoms with van der Waals surface area (Å²) in [6.45, 7) is 1.36. The molecule has 7 nitrogen and oxygen atoms in total. The van der Waals surface area contributed by atoms with Gasteiger partial charge >= 0.3 is 0 Å². The van der Waals surface area contributed by atoms with Gasteiger partial charge in [-0.05, 0) is 54.5 Å². The average Bonchev–Trinajstić information content (AvgIpc) is 3.05. The van der Waals surface area contributed by atoms with Crippen LogP contribution in [0.2, 0.25) is 0 Å². The summed E-state index contributed by atoms with van der Waals surface area (Å²) in [7, 11) is 1.61. The van der Waals surface area contributed by atoms with Crippen LogP contribution in [0.15, 0.2) is 78.9 Å². The first-order valence-electron chi connectivity index (χ1n) is 12.7. The maximum absolute atomic E-state index is 14.0. The molecule has 3 aromatic carbocycles. The number of nitrogens with zero attached hydrogens (tertiary/aromatic N) is 2. The first kappa shape index (κ1) is 28.1. The third kappa shape index (κ3) is 6.05. The quantitative estimate of drug-likeness (QED) is 0.499. The molecule has 0 unspecified atom stereocenters. The fourth-order valence-electron chi connectivity index (χ4n) is 5.17. The number of carbonyl (C=O) groups is 3. The Morgan fingerprint density at radius 1 is 0.923 bits per heavy atom. The second kappa shape index (κ2) is 11.8. The Hall–Kier alpha value is -3.95. The normalized spacial score (nSPS) is 21.1. The van der Waals surface area contributed by atoms with Crippen molar-refractivity contribution in [3.63, 3.8) is 0 Å². The minimum Gasteiger partial charge on any atom is -0.378 e. The molecule has 1 aliphatic heterocycles. The summed E-state index contributed by atoms with van der Waals surface area (Å²) in [5.41, 5.74) is 7.31. The molecule has 9 heteroatoms. The Labute approximate surface area is 225 Å². The van der Waals surface area contributed by atoms with Gasteiger partial charge in [0, 0.05) is 13.1 Å². The van der Waals surface area contributed by atoms with Gasteiger partial charge < -0.3 is 15.7 Å². The maximum atomic E-state index is 14.0. The van der Waals surface area contributed by atoms with Crippen molar-refractivity contribution in [1.82, 2.24) is 9.80 Å². The van der Waals surface area contributed by atoms with Crippen LogP contribution in [0.5, 0.6) is 0 Å². The molecule has 1 fully saturated rings. The number of aliphatic hydroxyl groups is 1. The number of hydrogen-bond donors (Lipinski definition) is 2. The van der Waals surface area contributed by atoms with E-state index in [0.717, 1.165) is 23.3 Å². The summed E-state index contributed by atoms with van der Waals surface area (Å²) in [5, 5.41) is 10.9. The lowest BCUT2D eigenvalue weighted by Gasteiger charge is -2.34. The number of rotatable bonds is 6. The number of imide groups is 1. The number of aliphatic hydroxyl groups excluding tert-OH is 1. The Morgan fingerprint density at radius 3 is 2.00 bits per heavy atom. The molecule has 0 aliphatic carbocycles. The van der Waals surface area contributed by atoms with Crippen molar-refractivity contribution in [3.05, 3.63) is 107 Å². The second-order valence-electron chi connectivity index (χ2n) is 9.91. The van der Waals surface area contributed by atoms with E-state index < -0.39 is 47.5 Å². The molecule has 1 saturated heterocycles. The monoisotopic (exact) mass is 535 g/mol. The van der Waals surface area contributed by atoms with Crippen LogP contribution in [0.4, 0.5) is 8.78 Å². The largest absolute Gasteiger partial charge is 0.378 e. The second-order valence-corrected chi connectivity index (χ2v) is 9.91. The summed E-state index contributed by atoms with van der Waals surface area (Å²) >= 11 is 0. The van der Waals surface area contributed by atoms with Crippen LogP contribution in [-0.2, 0) is 14.4 Å². The van der Waals surface area contributed by atoms with Crippen molar-refractivity contribution in [3.8, 4) is 0 Å². The SMILES string of the molecule is C[C@H](N)C(=O)N(C(=O)[C@@H](O)c1cc(F)cc(F)c1)[C@H]1C[C@H](c2ccccc2)C[C@H](c2ccccc2)N(C)C1=O. The topological polar surface area (TPSA) is 104 Å². The molecule has 39 heavy (non-hydrogen) atoms. The van der Waals surface area contributed by atoms with Crippen LogP contribution in [0, 0.1) is 11.6 Å². The highest BCUT2D eigenvalue weighted by Gasteiger charge is 2.45. The zero-order valence-electron chi connectivity index (χ0n) is 21.7. The van der Waals surface area contributed by atoms with E-state index >= 15 is 0 Å². The van der Waals surface area contributed by atoms with Crippen LogP contribution in [0.25, 0.3) is 0 Å². The Bertz CT molecular complexity index is 1320. The first-order valence-corrected chi connectivity index (χ1v) is 12.7. The highest BCUT2D eigenvalue weighted by atomic mass is 19.1. The summed E-state index contributed by atoms with van der Waals surface area (Å²) < 4.78 is 27.8. The van der Waals surface area contributed by atoms with Gasteiger partial charge in [0.15, 0.2) is 6.10 Å². The lowest BCUT2D eigenvalue weighted by atomic mass is 9.86. The van der Waals surface area contributed by atoms with Gasteiger partial charge in [0.25, 0.3) is 5.91 Å². The molecule has 1 aliphatic rings. The molecule has 3 N–H and O–H groups in total. The van der Waals surface area contributed by atoms with E-state index in [-0.39, 0.29) is 23.9 Å². The predicted molar refractivity (Wildman–Crippen MR) is 141 cm³/mol. The Morgan fingerprint density at radius 2 is 1.46 bits per heavy atom. The number of likely N-dealkylation sites (N-methyl/N-ethyl adjacent to an activating group) is 1. The summed E-state index contributed by atoms with van der Waals surface area (Å²) in [4.78, 5) is 43.2. The van der Waals surface area contributed by atoms with E-state index in [1.54, 1.807) is 7.05 Å². The number of likely N-dealkylation sites (tertiary alicyclic amines) is 1. The molecule has 4 rings (SSSR count). The van der Waals surface area contributed by atoms with Crippen molar-refractivity contribution >= 4 is 17.7 Å². The highest BCUT2D eigenvalue weighted by molar-refractivity contribution is 6.04. The van der Waals surface area contributed by atoms with Crippen LogP contribution >= 0.6 is 0 Å². The zero-order chi connectivity index (χ0) is 28.3. The van der Waals surface area contributed by atoms with E-state index in [4.69, 9.17) is 5.73 Å². The van der Waals surface area contributed by atoms with Gasteiger partial charge in [-0.15, -0.1) is 0 Å². The zero-order valence-corrected chi connectivity index (χ0v) is 21.7. The third-order valence-electron chi connectivity index (χ3n) is 7.18. The molecule has 0 spiro atoms. The van der Waals surface area contributed by atoms with E-state index in [0.29, 0.717) is 17.4 Å². The summed E-state index contributed by atoms with van der Waals surface area (Å²) in [6, 6.07) is 18.2. The standard InChI is InChI=1S/C30H31F2N3O4/c1-18(33)28(37)35(30(39)27(36)22-13-23(31)17-24(32)14-22)26-16-21(19-9-5-3-6-10-19)15-25(34(2)29(26)38)20-11-7-4-8-12-20/h3-14,17-18,21,25-27,36H,15-16,33H2,1-2H3/t18-,21+,25+,26-,27-/m0/s1. The number of nitrogens with two attached hydrogens (primary N) is 1. The molecule has 0 saturated carbocycles. The molecule has 3 amide bonds. The van der Waals surface area contributed by atoms with Gasteiger partial charge in [0.1, 0.15) is 17.7 Å². The predicted octanol–water partition coefficient (Wildman–Crippen LogP) is 3.85. The molecular formula is C30H31F2N3O4. The average molecular weight is 536 g/mol. The van der Waals surface area contributed by atoms with E-state index in [1.807, 2.05) is 60.7 Å². The van der Waals surface area contributed by atoms with Gasteiger partial charge in [0.2, 0.25) is 11.8 Å². The Balaban J connectivity index is 1.80. The van der Waals surface area contributed by atoms with Gasteiger partial charge in [-0.2, -0.15) is 0 Å². The number of carbonyl (C=O) groups excluding carboxylic acids is 3. The van der Waals surface area contributed by atoms with Crippen molar-refractivity contribution in [2.24, 2.45) is 5.73 Å². The molecule has 5 atom stereocenters. The maximum Gasteiger partial charge on any atom is 0.263 e. The first-order chi connectivity index (χ1) is 18.6. The van der Waals surface area contributed by atoms with Gasteiger partial charge in [-0.3, -0.25) is 19.3 Å². The van der Waals surface area contributed by atoms with Gasteiger partial charge in [-0.1, -0.05) is 60.7 Å². The summed E-state index contributed by atoms with van der Waals surface area (Å²) in [6.07, 6.45) is -1.51. The number of benzene rings is 3. The minimum atomic E-state index is -2.10. The van der Waals surface area contributed by atoms with Gasteiger partial charge in [-0.25, -0.2) is 8.78 Å². The highest BCUT2D eigenvalue weighted by Crippen LogP contribution is 2.40. The number of hydrogen-bond acceptors (Lipinski definition) is 5. The van der Waals surface area contributed by atoms with Gasteiger partial charge in [0.05, 0.1) is 12.1 Å². The van der Waals surface area contributed by atoms with Crippen LogP contribution in [-0.4, -0.2) is 51.8 Å². The molecule has 0 radical (unpaired) electrons. The molecule has 0 aromatic heterocycles. The Kier molecular flexibility index (Phi) is 8.52. The molecule has 204 valence electrons. The molecule has 1 heterocycles. The minimum absolute atomic E-state index is 0.0744. The molecule has 3 aromatic rings. The van der Waals surface area contributed by atoms with Crippen molar-refractivity contribution in [1.29, 1.82) is 0 Å². The lowest BCUT2D eigenvalue weighted by molar-refractivity contribution is -0.160. The third-order valence-corrected chi connectivity index (χ3v) is 7.18. The van der Waals surface area contributed by atoms with E-state index in [9.17, 15) is 28.3 Å². The number of amides is 3. The van der Waals surface area contributed by atoms with Crippen LogP contribution in [0.1, 0.15) is 54.5 Å². The smallest absolute Gasteiger partial charge is 0.263 e. The van der Waals surface area contributed by atoms with Crippen molar-refractivity contribution in [2.75, 3.05) is 7.05 Å². The fraction of sp³-hybridized carbons (Fsp3) is 0.300. The van der Waals surface area contributed by atoms with Crippen LogP contribution < -0.4 is 5.73 Å². The van der Waals surface area contributed by atoms with Crippen molar-refractivity contribution in [2.45, 2.75) is 49.9 Å². The lowest BCUT2D eigenvalue weighted by Crippen LogP contribution is -2.57. The van der Waals surface area contributed by atoms with Crippen molar-refractivity contribution < 1.29 is 28.3 Å². The molecular weight excluding hydrogens is 504 g/mol. The van der Waals surface area contributed by atoms with Crippen LogP contribution in [0.3, 0.4) is 0 Å².